The molecule has 1 aliphatic rings. The molecule has 72 valence electrons. The number of hydrogen-bond acceptors (Lipinski definition) is 1. The van der Waals surface area contributed by atoms with Crippen LogP contribution in [0.4, 0.5) is 8.78 Å². The number of carbonyl (C=O) groups is 1. The number of nitrogens with zero attached hydrogens (tertiary/aromatic N) is 1. The number of alkyl halides is 2. The molecule has 0 aromatic carbocycles. The van der Waals surface area contributed by atoms with E-state index >= 15 is 0 Å². The van der Waals surface area contributed by atoms with E-state index in [9.17, 15) is 13.6 Å². The fourth-order valence-electron chi connectivity index (χ4n) is 1.36. The molecule has 1 unspecified atom stereocenters. The van der Waals surface area contributed by atoms with Gasteiger partial charge in [-0.25, -0.2) is 8.78 Å². The normalized spacial score (nSPS) is 26.6. The molecule has 1 atom stereocenters. The Balaban J connectivity index is 2.62. The van der Waals surface area contributed by atoms with Crippen molar-refractivity contribution in [2.45, 2.75) is 19.3 Å². The summed E-state index contributed by atoms with van der Waals surface area (Å²) in [4.78, 5) is 12.3. The van der Waals surface area contributed by atoms with Gasteiger partial charge in [0.2, 0.25) is 0 Å². The Morgan fingerprint density at radius 3 is 2.77 bits per heavy atom. The van der Waals surface area contributed by atoms with Crippen LogP contribution in [0.1, 0.15) is 13.3 Å². The maximum absolute atomic E-state index is 12.9. The van der Waals surface area contributed by atoms with Gasteiger partial charge in [-0.15, -0.1) is 6.42 Å². The Kier molecular flexibility index (Phi) is 2.55. The Hall–Kier alpha value is -1.11. The van der Waals surface area contributed by atoms with Gasteiger partial charge in [0.15, 0.2) is 0 Å². The summed E-state index contributed by atoms with van der Waals surface area (Å²) in [5.74, 6) is -2.04. The molecule has 0 aliphatic carbocycles. The smallest absolute Gasteiger partial charge is 0.298 e. The molecule has 1 saturated heterocycles. The van der Waals surface area contributed by atoms with Gasteiger partial charge in [0.1, 0.15) is 0 Å². The molecule has 0 aromatic heterocycles. The zero-order valence-corrected chi connectivity index (χ0v) is 7.39. The first-order chi connectivity index (χ1) is 5.97. The predicted molar refractivity (Wildman–Crippen MR) is 44.1 cm³/mol. The molecular weight excluding hydrogens is 176 g/mol. The Morgan fingerprint density at radius 1 is 1.69 bits per heavy atom. The van der Waals surface area contributed by atoms with Crippen molar-refractivity contribution in [1.29, 1.82) is 0 Å². The van der Waals surface area contributed by atoms with Crippen molar-refractivity contribution in [3.8, 4) is 12.3 Å². The molecule has 13 heavy (non-hydrogen) atoms. The summed E-state index contributed by atoms with van der Waals surface area (Å²) < 4.78 is 25.9. The van der Waals surface area contributed by atoms with Crippen molar-refractivity contribution in [2.24, 2.45) is 5.92 Å². The van der Waals surface area contributed by atoms with Crippen LogP contribution in [0.3, 0.4) is 0 Å². The van der Waals surface area contributed by atoms with Gasteiger partial charge in [-0.3, -0.25) is 4.79 Å². The summed E-state index contributed by atoms with van der Waals surface area (Å²) in [5.41, 5.74) is 0. The summed E-state index contributed by atoms with van der Waals surface area (Å²) in [6.45, 7) is 1.53. The quantitative estimate of drug-likeness (QED) is 0.520. The number of halogens is 2. The Bertz CT molecular complexity index is 257. The standard InChI is InChI=1S/C9H11F2NO/c1-3-8(13)12-5-4-9(10,11)7(2)6-12/h1,7H,4-6H2,2H3. The molecule has 4 heteroatoms. The highest BCUT2D eigenvalue weighted by atomic mass is 19.3. The molecule has 0 N–H and O–H groups in total. The molecule has 2 nitrogen and oxygen atoms in total. The van der Waals surface area contributed by atoms with E-state index in [0.717, 1.165) is 0 Å². The molecule has 0 bridgehead atoms. The van der Waals surface area contributed by atoms with E-state index in [1.807, 2.05) is 5.92 Å². The first-order valence-corrected chi connectivity index (χ1v) is 4.10. The third-order valence-electron chi connectivity index (χ3n) is 2.34. The third-order valence-corrected chi connectivity index (χ3v) is 2.34. The Morgan fingerprint density at radius 2 is 2.31 bits per heavy atom. The van der Waals surface area contributed by atoms with E-state index < -0.39 is 17.7 Å². The molecular formula is C9H11F2NO. The zero-order valence-electron chi connectivity index (χ0n) is 7.39. The average molecular weight is 187 g/mol. The second-order valence-corrected chi connectivity index (χ2v) is 3.31. The summed E-state index contributed by atoms with van der Waals surface area (Å²) in [5, 5.41) is 0. The van der Waals surface area contributed by atoms with Gasteiger partial charge in [0.25, 0.3) is 11.8 Å². The SMILES string of the molecule is C#CC(=O)N1CCC(F)(F)C(C)C1. The second kappa shape index (κ2) is 3.33. The maximum Gasteiger partial charge on any atom is 0.298 e. The largest absolute Gasteiger partial charge is 0.331 e. The van der Waals surface area contributed by atoms with Gasteiger partial charge in [0, 0.05) is 25.4 Å². The molecule has 0 saturated carbocycles. The summed E-state index contributed by atoms with van der Waals surface area (Å²) >= 11 is 0. The predicted octanol–water partition coefficient (Wildman–Crippen LogP) is 1.12. The van der Waals surface area contributed by atoms with Crippen molar-refractivity contribution in [1.82, 2.24) is 4.90 Å². The summed E-state index contributed by atoms with van der Waals surface area (Å²) in [6, 6.07) is 0. The second-order valence-electron chi connectivity index (χ2n) is 3.31. The highest BCUT2D eigenvalue weighted by Crippen LogP contribution is 2.32. The first kappa shape index (κ1) is 9.97. The minimum absolute atomic E-state index is 0.0516. The third kappa shape index (κ3) is 1.97. The molecule has 0 spiro atoms. The number of amides is 1. The number of likely N-dealkylation sites (tertiary alicyclic amines) is 1. The lowest BCUT2D eigenvalue weighted by atomic mass is 9.95. The van der Waals surface area contributed by atoms with Crippen LogP contribution in [-0.2, 0) is 4.79 Å². The van der Waals surface area contributed by atoms with Crippen molar-refractivity contribution in [3.63, 3.8) is 0 Å². The fourth-order valence-corrected chi connectivity index (χ4v) is 1.36. The molecule has 1 heterocycles. The fraction of sp³-hybridized carbons (Fsp3) is 0.667. The highest BCUT2D eigenvalue weighted by molar-refractivity contribution is 5.92. The molecule has 0 radical (unpaired) electrons. The van der Waals surface area contributed by atoms with Gasteiger partial charge in [-0.2, -0.15) is 0 Å². The lowest BCUT2D eigenvalue weighted by Crippen LogP contribution is -2.47. The van der Waals surface area contributed by atoms with Gasteiger partial charge in [-0.1, -0.05) is 6.92 Å². The highest BCUT2D eigenvalue weighted by Gasteiger charge is 2.41. The van der Waals surface area contributed by atoms with E-state index in [1.54, 1.807) is 0 Å². The van der Waals surface area contributed by atoms with Crippen LogP contribution in [0.5, 0.6) is 0 Å². The van der Waals surface area contributed by atoms with Crippen LogP contribution in [0.25, 0.3) is 0 Å². The van der Waals surface area contributed by atoms with Crippen molar-refractivity contribution >= 4 is 5.91 Å². The minimum atomic E-state index is -2.66. The minimum Gasteiger partial charge on any atom is -0.331 e. The van der Waals surface area contributed by atoms with E-state index in [1.165, 1.54) is 11.8 Å². The first-order valence-electron chi connectivity index (χ1n) is 4.10. The number of carbonyl (C=O) groups excluding carboxylic acids is 1. The lowest BCUT2D eigenvalue weighted by molar-refractivity contribution is -0.138. The van der Waals surface area contributed by atoms with Crippen molar-refractivity contribution < 1.29 is 13.6 Å². The van der Waals surface area contributed by atoms with E-state index in [4.69, 9.17) is 6.42 Å². The average Bonchev–Trinajstić information content (AvgIpc) is 2.08. The number of terminal acetylenes is 1. The lowest BCUT2D eigenvalue weighted by Gasteiger charge is -2.35. The van der Waals surface area contributed by atoms with Gasteiger partial charge in [-0.05, 0) is 5.92 Å². The van der Waals surface area contributed by atoms with Crippen LogP contribution in [0.2, 0.25) is 0 Å². The van der Waals surface area contributed by atoms with Crippen LogP contribution < -0.4 is 0 Å². The van der Waals surface area contributed by atoms with Crippen LogP contribution >= 0.6 is 0 Å². The summed E-state index contributed by atoms with van der Waals surface area (Å²) in [7, 11) is 0. The van der Waals surface area contributed by atoms with Crippen LogP contribution in [-0.4, -0.2) is 29.8 Å². The maximum atomic E-state index is 12.9. The molecule has 0 aromatic rings. The van der Waals surface area contributed by atoms with Crippen LogP contribution in [0, 0.1) is 18.3 Å². The molecule has 1 aliphatic heterocycles. The van der Waals surface area contributed by atoms with Gasteiger partial charge in [0.05, 0.1) is 0 Å². The van der Waals surface area contributed by atoms with Crippen molar-refractivity contribution in [2.75, 3.05) is 13.1 Å². The molecule has 1 fully saturated rings. The molecule has 1 amide bonds. The zero-order chi connectivity index (χ0) is 10.1. The number of hydrogen-bond donors (Lipinski definition) is 0. The van der Waals surface area contributed by atoms with Gasteiger partial charge >= 0.3 is 0 Å². The Labute approximate surface area is 75.9 Å². The topological polar surface area (TPSA) is 20.3 Å². The van der Waals surface area contributed by atoms with E-state index in [0.29, 0.717) is 0 Å². The van der Waals surface area contributed by atoms with Crippen molar-refractivity contribution in [3.05, 3.63) is 0 Å². The summed E-state index contributed by atoms with van der Waals surface area (Å²) in [6.07, 6.45) is 4.60. The van der Waals surface area contributed by atoms with Gasteiger partial charge < -0.3 is 4.90 Å². The van der Waals surface area contributed by atoms with E-state index in [2.05, 4.69) is 0 Å². The van der Waals surface area contributed by atoms with E-state index in [-0.39, 0.29) is 19.5 Å². The molecule has 1 rings (SSSR count). The number of rotatable bonds is 0. The monoisotopic (exact) mass is 187 g/mol. The number of piperidine rings is 1. The van der Waals surface area contributed by atoms with Crippen LogP contribution in [0.15, 0.2) is 0 Å².